The van der Waals surface area contributed by atoms with Crippen molar-refractivity contribution in [2.24, 2.45) is 5.92 Å². The average molecular weight is 312 g/mol. The van der Waals surface area contributed by atoms with E-state index in [1.54, 1.807) is 6.92 Å². The van der Waals surface area contributed by atoms with E-state index in [1.165, 1.54) is 12.1 Å². The molecule has 0 amide bonds. The van der Waals surface area contributed by atoms with Gasteiger partial charge in [0.1, 0.15) is 0 Å². The van der Waals surface area contributed by atoms with Crippen LogP contribution in [0.25, 0.3) is 0 Å². The van der Waals surface area contributed by atoms with Crippen LogP contribution in [0, 0.1) is 17.6 Å². The average Bonchev–Trinajstić information content (AvgIpc) is 3.21. The molecule has 1 aliphatic rings. The summed E-state index contributed by atoms with van der Waals surface area (Å²) in [5, 5.41) is 0. The Morgan fingerprint density at radius 2 is 1.95 bits per heavy atom. The van der Waals surface area contributed by atoms with E-state index in [1.807, 2.05) is 6.92 Å². The highest BCUT2D eigenvalue weighted by Gasteiger charge is 2.40. The van der Waals surface area contributed by atoms with Crippen molar-refractivity contribution in [3.8, 4) is 5.75 Å². The molecule has 1 aliphatic carbocycles. The van der Waals surface area contributed by atoms with E-state index in [-0.39, 0.29) is 23.6 Å². The minimum atomic E-state index is -0.673. The van der Waals surface area contributed by atoms with Crippen LogP contribution in [0.1, 0.15) is 51.0 Å². The summed E-state index contributed by atoms with van der Waals surface area (Å²) in [7, 11) is 0. The normalized spacial score (nSPS) is 19.8. The molecule has 2 unspecified atom stereocenters. The first-order valence-electron chi connectivity index (χ1n) is 7.84. The van der Waals surface area contributed by atoms with E-state index in [0.717, 1.165) is 19.3 Å². The van der Waals surface area contributed by atoms with E-state index in [0.29, 0.717) is 25.2 Å². The third-order valence-electron chi connectivity index (χ3n) is 3.85. The second-order valence-electron chi connectivity index (χ2n) is 5.63. The zero-order valence-corrected chi connectivity index (χ0v) is 13.0. The summed E-state index contributed by atoms with van der Waals surface area (Å²) in [5.41, 5.74) is 0.590. The standard InChI is InChI=1S/C17H22F2O3/c1-3-5-6-22-17-14(18)8-12(9-15(17)19)13-7-11(13)10-16(20)21-4-2/h8-9,11,13H,3-7,10H2,1-2H3. The second-order valence-corrected chi connectivity index (χ2v) is 5.63. The maximum absolute atomic E-state index is 14.0. The van der Waals surface area contributed by atoms with Crippen molar-refractivity contribution < 1.29 is 23.0 Å². The number of esters is 1. The van der Waals surface area contributed by atoms with Gasteiger partial charge in [-0.15, -0.1) is 0 Å². The fourth-order valence-corrected chi connectivity index (χ4v) is 2.57. The summed E-state index contributed by atoms with van der Waals surface area (Å²) in [5.74, 6) is -1.76. The van der Waals surface area contributed by atoms with E-state index in [4.69, 9.17) is 9.47 Å². The predicted molar refractivity (Wildman–Crippen MR) is 78.9 cm³/mol. The van der Waals surface area contributed by atoms with Crippen molar-refractivity contribution in [1.29, 1.82) is 0 Å². The molecule has 2 rings (SSSR count). The Hall–Kier alpha value is -1.65. The van der Waals surface area contributed by atoms with Crippen molar-refractivity contribution in [3.05, 3.63) is 29.3 Å². The summed E-state index contributed by atoms with van der Waals surface area (Å²) in [6, 6.07) is 2.64. The van der Waals surface area contributed by atoms with Crippen LogP contribution in [0.3, 0.4) is 0 Å². The van der Waals surface area contributed by atoms with Gasteiger partial charge in [0, 0.05) is 6.42 Å². The molecule has 0 N–H and O–H groups in total. The van der Waals surface area contributed by atoms with Crippen LogP contribution >= 0.6 is 0 Å². The highest BCUT2D eigenvalue weighted by Crippen LogP contribution is 2.50. The first-order valence-corrected chi connectivity index (χ1v) is 7.84. The maximum Gasteiger partial charge on any atom is 0.306 e. The zero-order valence-electron chi connectivity index (χ0n) is 13.0. The number of ether oxygens (including phenoxy) is 2. The van der Waals surface area contributed by atoms with E-state index in [9.17, 15) is 13.6 Å². The van der Waals surface area contributed by atoms with Crippen LogP contribution in [0.4, 0.5) is 8.78 Å². The molecule has 2 atom stereocenters. The van der Waals surface area contributed by atoms with Gasteiger partial charge < -0.3 is 9.47 Å². The minimum Gasteiger partial charge on any atom is -0.488 e. The second kappa shape index (κ2) is 7.56. The lowest BCUT2D eigenvalue weighted by Crippen LogP contribution is -2.05. The van der Waals surface area contributed by atoms with Crippen molar-refractivity contribution >= 4 is 5.97 Å². The minimum absolute atomic E-state index is 0.0260. The zero-order chi connectivity index (χ0) is 16.1. The summed E-state index contributed by atoms with van der Waals surface area (Å²) in [4.78, 5) is 11.4. The molecule has 0 heterocycles. The predicted octanol–water partition coefficient (Wildman–Crippen LogP) is 4.20. The Morgan fingerprint density at radius 1 is 1.27 bits per heavy atom. The number of unbranched alkanes of at least 4 members (excludes halogenated alkanes) is 1. The molecule has 0 aliphatic heterocycles. The van der Waals surface area contributed by atoms with Gasteiger partial charge in [0.25, 0.3) is 0 Å². The number of halogens is 2. The SMILES string of the molecule is CCCCOc1c(F)cc(C2CC2CC(=O)OCC)cc1F. The molecule has 0 radical (unpaired) electrons. The topological polar surface area (TPSA) is 35.5 Å². The van der Waals surface area contributed by atoms with E-state index >= 15 is 0 Å². The smallest absolute Gasteiger partial charge is 0.306 e. The van der Waals surface area contributed by atoms with E-state index in [2.05, 4.69) is 0 Å². The number of hydrogen-bond donors (Lipinski definition) is 0. The van der Waals surface area contributed by atoms with Crippen LogP contribution in [-0.4, -0.2) is 19.2 Å². The largest absolute Gasteiger partial charge is 0.488 e. The van der Waals surface area contributed by atoms with Crippen LogP contribution in [0.2, 0.25) is 0 Å². The van der Waals surface area contributed by atoms with Crippen LogP contribution < -0.4 is 4.74 Å². The molecule has 0 spiro atoms. The summed E-state index contributed by atoms with van der Waals surface area (Å²) in [6.07, 6.45) is 2.72. The summed E-state index contributed by atoms with van der Waals surface area (Å²) < 4.78 is 38.0. The molecule has 1 fully saturated rings. The highest BCUT2D eigenvalue weighted by molar-refractivity contribution is 5.70. The van der Waals surface area contributed by atoms with Gasteiger partial charge in [0.15, 0.2) is 17.4 Å². The van der Waals surface area contributed by atoms with Crippen molar-refractivity contribution in [2.45, 2.75) is 45.4 Å². The van der Waals surface area contributed by atoms with Gasteiger partial charge in [-0.2, -0.15) is 0 Å². The molecule has 0 saturated heterocycles. The number of carbonyl (C=O) groups excluding carboxylic acids is 1. The van der Waals surface area contributed by atoms with Gasteiger partial charge in [-0.05, 0) is 49.3 Å². The van der Waals surface area contributed by atoms with E-state index < -0.39 is 11.6 Å². The van der Waals surface area contributed by atoms with Crippen LogP contribution in [0.15, 0.2) is 12.1 Å². The highest BCUT2D eigenvalue weighted by atomic mass is 19.1. The molecule has 0 bridgehead atoms. The first kappa shape index (κ1) is 16.7. The number of rotatable bonds is 8. The maximum atomic E-state index is 14.0. The molecule has 1 saturated carbocycles. The van der Waals surface area contributed by atoms with Crippen LogP contribution in [0.5, 0.6) is 5.75 Å². The molecule has 3 nitrogen and oxygen atoms in total. The summed E-state index contributed by atoms with van der Waals surface area (Å²) >= 11 is 0. The van der Waals surface area contributed by atoms with Crippen molar-refractivity contribution in [3.63, 3.8) is 0 Å². The van der Waals surface area contributed by atoms with Gasteiger partial charge in [0.2, 0.25) is 0 Å². The Kier molecular flexibility index (Phi) is 5.75. The van der Waals surface area contributed by atoms with Gasteiger partial charge in [-0.3, -0.25) is 4.79 Å². The van der Waals surface area contributed by atoms with Crippen LogP contribution in [-0.2, 0) is 9.53 Å². The molecule has 5 heteroatoms. The third kappa shape index (κ3) is 4.18. The lowest BCUT2D eigenvalue weighted by molar-refractivity contribution is -0.143. The monoisotopic (exact) mass is 312 g/mol. The van der Waals surface area contributed by atoms with Gasteiger partial charge >= 0.3 is 5.97 Å². The molecule has 1 aromatic carbocycles. The lowest BCUT2D eigenvalue weighted by Gasteiger charge is -2.10. The quantitative estimate of drug-likeness (QED) is 0.533. The van der Waals surface area contributed by atoms with Crippen molar-refractivity contribution in [1.82, 2.24) is 0 Å². The Morgan fingerprint density at radius 3 is 2.55 bits per heavy atom. The fourth-order valence-electron chi connectivity index (χ4n) is 2.57. The third-order valence-corrected chi connectivity index (χ3v) is 3.85. The molecule has 0 aromatic heterocycles. The molecule has 1 aromatic rings. The lowest BCUT2D eigenvalue weighted by atomic mass is 10.1. The first-order chi connectivity index (χ1) is 10.6. The van der Waals surface area contributed by atoms with Gasteiger partial charge in [-0.25, -0.2) is 8.78 Å². The van der Waals surface area contributed by atoms with Gasteiger partial charge in [0.05, 0.1) is 13.2 Å². The summed E-state index contributed by atoms with van der Waals surface area (Å²) in [6.45, 7) is 4.39. The van der Waals surface area contributed by atoms with Crippen molar-refractivity contribution in [2.75, 3.05) is 13.2 Å². The Labute approximate surface area is 129 Å². The number of benzene rings is 1. The molecular weight excluding hydrogens is 290 g/mol. The number of hydrogen-bond acceptors (Lipinski definition) is 3. The van der Waals surface area contributed by atoms with Gasteiger partial charge in [-0.1, -0.05) is 13.3 Å². The Bertz CT molecular complexity index is 508. The number of carbonyl (C=O) groups is 1. The fraction of sp³-hybridized carbons (Fsp3) is 0.588. The molecule has 22 heavy (non-hydrogen) atoms. The Balaban J connectivity index is 1.98. The molecule has 122 valence electrons. The molecular formula is C17H22F2O3.